The molecule has 0 unspecified atom stereocenters. The summed E-state index contributed by atoms with van der Waals surface area (Å²) in [5.41, 5.74) is 3.37. The van der Waals surface area contributed by atoms with Crippen LogP contribution in [0.4, 0.5) is 9.18 Å². The van der Waals surface area contributed by atoms with Crippen LogP contribution in [0.5, 0.6) is 0 Å². The molecule has 1 fully saturated rings. The number of amides is 1. The maximum atomic E-state index is 13.0. The summed E-state index contributed by atoms with van der Waals surface area (Å²) in [5, 5.41) is 8.88. The van der Waals surface area contributed by atoms with Crippen molar-refractivity contribution < 1.29 is 33.4 Å². The van der Waals surface area contributed by atoms with Gasteiger partial charge in [-0.15, -0.1) is 0 Å². The Labute approximate surface area is 160 Å². The van der Waals surface area contributed by atoms with Crippen molar-refractivity contribution in [3.05, 3.63) is 0 Å². The summed E-state index contributed by atoms with van der Waals surface area (Å²) in [6.07, 6.45) is 0.684. The molecule has 0 bridgehead atoms. The molecule has 1 heterocycles. The number of alkyl halides is 1. The number of nitrogens with two attached hydrogens (primary N) is 1. The van der Waals surface area contributed by atoms with Gasteiger partial charge in [-0.3, -0.25) is 9.69 Å². The smallest absolute Gasteiger partial charge is 0.411 e. The molecule has 8 nitrogen and oxygen atoms in total. The fourth-order valence-corrected chi connectivity index (χ4v) is 2.42. The molecule has 0 aliphatic carbocycles. The van der Waals surface area contributed by atoms with Gasteiger partial charge in [-0.25, -0.2) is 14.0 Å². The molecule has 2 atom stereocenters. The van der Waals surface area contributed by atoms with E-state index in [9.17, 15) is 18.8 Å². The lowest BCUT2D eigenvalue weighted by atomic mass is 10.0. The second-order valence-electron chi connectivity index (χ2n) is 7.95. The summed E-state index contributed by atoms with van der Waals surface area (Å²) in [4.78, 5) is 34.6. The van der Waals surface area contributed by atoms with E-state index in [1.165, 1.54) is 18.7 Å². The van der Waals surface area contributed by atoms with Gasteiger partial charge in [0.2, 0.25) is 0 Å². The Morgan fingerprint density at radius 2 is 1.81 bits per heavy atom. The molecule has 0 saturated carbocycles. The predicted molar refractivity (Wildman–Crippen MR) is 98.0 cm³/mol. The zero-order chi connectivity index (χ0) is 21.4. The molecule has 0 aromatic carbocycles. The Morgan fingerprint density at radius 1 is 1.26 bits per heavy atom. The Hall–Kier alpha value is -1.90. The highest BCUT2D eigenvalue weighted by molar-refractivity contribution is 5.80. The number of carbonyl (C=O) groups is 3. The number of hydrogen-bond donors (Lipinski definition) is 2. The standard InChI is InChI=1S/C10H17NO4.C8H16FNO2/c1-10(2,3)15-9(14)11-6-4-5-7(11)8(12)13;1-4-12-7(11)6(10)5-8(2,3)9/h7H,4-6H2,1-3H3,(H,12,13);6H,4-5,10H2,1-3H3/t7-;6-/m01/s1. The summed E-state index contributed by atoms with van der Waals surface area (Å²) in [6.45, 7) is 10.5. The average Bonchev–Trinajstić information content (AvgIpc) is 2.94. The summed E-state index contributed by atoms with van der Waals surface area (Å²) in [7, 11) is 0. The fourth-order valence-electron chi connectivity index (χ4n) is 2.42. The van der Waals surface area contributed by atoms with Gasteiger partial charge in [0.1, 0.15) is 23.4 Å². The van der Waals surface area contributed by atoms with E-state index >= 15 is 0 Å². The average molecular weight is 392 g/mol. The van der Waals surface area contributed by atoms with E-state index in [-0.39, 0.29) is 13.0 Å². The summed E-state index contributed by atoms with van der Waals surface area (Å²) in [5.74, 6) is -1.50. The monoisotopic (exact) mass is 392 g/mol. The molecule has 1 amide bonds. The van der Waals surface area contributed by atoms with E-state index in [0.717, 1.165) is 6.42 Å². The highest BCUT2D eigenvalue weighted by Gasteiger charge is 2.36. The van der Waals surface area contributed by atoms with Crippen molar-refractivity contribution in [1.29, 1.82) is 0 Å². The van der Waals surface area contributed by atoms with E-state index in [1.54, 1.807) is 27.7 Å². The van der Waals surface area contributed by atoms with Crippen molar-refractivity contribution in [2.45, 2.75) is 84.2 Å². The Bertz CT molecular complexity index is 513. The largest absolute Gasteiger partial charge is 0.480 e. The first-order valence-corrected chi connectivity index (χ1v) is 9.01. The number of likely N-dealkylation sites (tertiary alicyclic amines) is 1. The first-order chi connectivity index (χ1) is 12.2. The van der Waals surface area contributed by atoms with Gasteiger partial charge in [0.05, 0.1) is 6.61 Å². The van der Waals surface area contributed by atoms with Crippen molar-refractivity contribution in [2.24, 2.45) is 5.73 Å². The molecular formula is C18H33FN2O6. The number of nitrogens with zero attached hydrogens (tertiary/aromatic N) is 1. The van der Waals surface area contributed by atoms with Crippen LogP contribution in [0.3, 0.4) is 0 Å². The van der Waals surface area contributed by atoms with Gasteiger partial charge in [0.25, 0.3) is 0 Å². The first kappa shape index (κ1) is 25.1. The lowest BCUT2D eigenvalue weighted by Crippen LogP contribution is -2.43. The Kier molecular flexibility index (Phi) is 9.70. The number of carboxylic acid groups (broad SMARTS) is 1. The highest BCUT2D eigenvalue weighted by Crippen LogP contribution is 2.20. The second kappa shape index (κ2) is 10.4. The van der Waals surface area contributed by atoms with Crippen LogP contribution in [0.2, 0.25) is 0 Å². The predicted octanol–water partition coefficient (Wildman–Crippen LogP) is 2.49. The fraction of sp³-hybridized carbons (Fsp3) is 0.833. The zero-order valence-electron chi connectivity index (χ0n) is 17.1. The SMILES string of the molecule is CC(C)(C)OC(=O)N1CCC[C@H]1C(=O)O.CCOC(=O)[C@H](N)CC(C)(C)F. The van der Waals surface area contributed by atoms with Crippen LogP contribution < -0.4 is 5.73 Å². The van der Waals surface area contributed by atoms with E-state index in [2.05, 4.69) is 4.74 Å². The van der Waals surface area contributed by atoms with Gasteiger partial charge in [0.15, 0.2) is 0 Å². The summed E-state index contributed by atoms with van der Waals surface area (Å²) in [6, 6.07) is -1.58. The highest BCUT2D eigenvalue weighted by atomic mass is 19.1. The van der Waals surface area contributed by atoms with E-state index in [4.69, 9.17) is 15.6 Å². The quantitative estimate of drug-likeness (QED) is 0.690. The third-order valence-electron chi connectivity index (χ3n) is 3.46. The van der Waals surface area contributed by atoms with Crippen molar-refractivity contribution in [1.82, 2.24) is 4.90 Å². The van der Waals surface area contributed by atoms with E-state index in [0.29, 0.717) is 13.0 Å². The van der Waals surface area contributed by atoms with Crippen LogP contribution in [-0.2, 0) is 19.1 Å². The van der Waals surface area contributed by atoms with Gasteiger partial charge in [0, 0.05) is 13.0 Å². The van der Waals surface area contributed by atoms with Gasteiger partial charge in [-0.2, -0.15) is 0 Å². The van der Waals surface area contributed by atoms with Crippen LogP contribution in [-0.4, -0.2) is 64.5 Å². The van der Waals surface area contributed by atoms with Crippen LogP contribution in [0.25, 0.3) is 0 Å². The Balaban J connectivity index is 0.000000516. The molecule has 1 rings (SSSR count). The van der Waals surface area contributed by atoms with E-state index < -0.39 is 41.4 Å². The molecule has 1 aliphatic rings. The topological polar surface area (TPSA) is 119 Å². The van der Waals surface area contributed by atoms with Gasteiger partial charge >= 0.3 is 18.0 Å². The number of esters is 1. The maximum absolute atomic E-state index is 13.0. The minimum atomic E-state index is -1.42. The molecule has 158 valence electrons. The third-order valence-corrected chi connectivity index (χ3v) is 3.46. The molecule has 1 aliphatic heterocycles. The minimum Gasteiger partial charge on any atom is -0.480 e. The third kappa shape index (κ3) is 10.7. The van der Waals surface area contributed by atoms with E-state index in [1.807, 2.05) is 0 Å². The van der Waals surface area contributed by atoms with Crippen LogP contribution >= 0.6 is 0 Å². The minimum absolute atomic E-state index is 0.00810. The number of ether oxygens (including phenoxy) is 2. The van der Waals surface area contributed by atoms with Gasteiger partial charge < -0.3 is 20.3 Å². The number of halogens is 1. The lowest BCUT2D eigenvalue weighted by molar-refractivity contribution is -0.145. The van der Waals surface area contributed by atoms with Crippen LogP contribution in [0.15, 0.2) is 0 Å². The van der Waals surface area contributed by atoms with Crippen molar-refractivity contribution in [2.75, 3.05) is 13.2 Å². The number of carbonyl (C=O) groups excluding carboxylic acids is 2. The molecule has 0 spiro atoms. The first-order valence-electron chi connectivity index (χ1n) is 9.01. The molecule has 27 heavy (non-hydrogen) atoms. The number of aliphatic carboxylic acids is 1. The number of carboxylic acids is 1. The summed E-state index contributed by atoms with van der Waals surface area (Å²) >= 11 is 0. The van der Waals surface area contributed by atoms with Gasteiger partial charge in [-0.1, -0.05) is 0 Å². The molecule has 3 N–H and O–H groups in total. The molecule has 1 saturated heterocycles. The lowest BCUT2D eigenvalue weighted by Gasteiger charge is -2.26. The molecule has 0 aromatic rings. The molecule has 9 heteroatoms. The van der Waals surface area contributed by atoms with Crippen molar-refractivity contribution >= 4 is 18.0 Å². The summed E-state index contributed by atoms with van der Waals surface area (Å²) < 4.78 is 22.7. The van der Waals surface area contributed by atoms with Gasteiger partial charge in [-0.05, 0) is 54.4 Å². The molecular weight excluding hydrogens is 359 g/mol. The second-order valence-corrected chi connectivity index (χ2v) is 7.95. The normalized spacial score (nSPS) is 18.2. The van der Waals surface area contributed by atoms with Crippen molar-refractivity contribution in [3.8, 4) is 0 Å². The maximum Gasteiger partial charge on any atom is 0.411 e. The van der Waals surface area contributed by atoms with Crippen LogP contribution in [0, 0.1) is 0 Å². The molecule has 0 aromatic heterocycles. The van der Waals surface area contributed by atoms with Crippen molar-refractivity contribution in [3.63, 3.8) is 0 Å². The molecule has 0 radical (unpaired) electrons. The van der Waals surface area contributed by atoms with Crippen LogP contribution in [0.1, 0.15) is 60.8 Å². The number of rotatable bonds is 5. The number of hydrogen-bond acceptors (Lipinski definition) is 6. The zero-order valence-corrected chi connectivity index (χ0v) is 17.1. The Morgan fingerprint density at radius 3 is 2.22 bits per heavy atom.